The summed E-state index contributed by atoms with van der Waals surface area (Å²) in [6, 6.07) is 8.18. The Hall–Kier alpha value is -1.18. The minimum Gasteiger partial charge on any atom is -0.494 e. The molecule has 1 N–H and O–H groups in total. The Labute approximate surface area is 99.0 Å². The zero-order valence-corrected chi connectivity index (χ0v) is 10.6. The maximum atomic E-state index is 5.58. The van der Waals surface area contributed by atoms with Gasteiger partial charge in [0.1, 0.15) is 5.75 Å². The van der Waals surface area contributed by atoms with E-state index in [9.17, 15) is 0 Å². The standard InChI is InChI=1S/C14H23NO/c1-4-10-16-14-7-5-6-13(11-14)15-9-8-12(2)3/h5-7,11-12,15H,4,8-10H2,1-3H3. The second-order valence-corrected chi connectivity index (χ2v) is 4.49. The lowest BCUT2D eigenvalue weighted by molar-refractivity contribution is 0.317. The molecule has 2 nitrogen and oxygen atoms in total. The molecule has 0 amide bonds. The third-order valence-electron chi connectivity index (χ3n) is 2.36. The summed E-state index contributed by atoms with van der Waals surface area (Å²) in [5, 5.41) is 3.41. The molecule has 1 rings (SSSR count). The molecular formula is C14H23NO. The Bertz CT molecular complexity index is 297. The summed E-state index contributed by atoms with van der Waals surface area (Å²) in [7, 11) is 0. The van der Waals surface area contributed by atoms with Crippen molar-refractivity contribution >= 4 is 5.69 Å². The van der Waals surface area contributed by atoms with Gasteiger partial charge in [0, 0.05) is 18.3 Å². The molecule has 0 aliphatic heterocycles. The van der Waals surface area contributed by atoms with Crippen molar-refractivity contribution in [3.8, 4) is 5.75 Å². The molecule has 0 spiro atoms. The van der Waals surface area contributed by atoms with Crippen LogP contribution in [-0.4, -0.2) is 13.2 Å². The number of nitrogens with one attached hydrogen (secondary N) is 1. The van der Waals surface area contributed by atoms with Crippen LogP contribution in [0.3, 0.4) is 0 Å². The topological polar surface area (TPSA) is 21.3 Å². The van der Waals surface area contributed by atoms with Gasteiger partial charge in [0.25, 0.3) is 0 Å². The van der Waals surface area contributed by atoms with E-state index in [-0.39, 0.29) is 0 Å². The van der Waals surface area contributed by atoms with Gasteiger partial charge >= 0.3 is 0 Å². The molecule has 0 atom stereocenters. The molecule has 0 radical (unpaired) electrons. The quantitative estimate of drug-likeness (QED) is 0.753. The van der Waals surface area contributed by atoms with Crippen LogP contribution in [0.2, 0.25) is 0 Å². The Morgan fingerprint density at radius 1 is 1.31 bits per heavy atom. The predicted octanol–water partition coefficient (Wildman–Crippen LogP) is 3.93. The second-order valence-electron chi connectivity index (χ2n) is 4.49. The van der Waals surface area contributed by atoms with Crippen LogP contribution in [-0.2, 0) is 0 Å². The molecule has 0 aromatic heterocycles. The van der Waals surface area contributed by atoms with Crippen LogP contribution in [0.15, 0.2) is 24.3 Å². The van der Waals surface area contributed by atoms with Gasteiger partial charge in [-0.3, -0.25) is 0 Å². The first-order valence-electron chi connectivity index (χ1n) is 6.19. The SMILES string of the molecule is CCCOc1cccc(NCCC(C)C)c1. The Morgan fingerprint density at radius 3 is 2.81 bits per heavy atom. The first kappa shape index (κ1) is 12.9. The summed E-state index contributed by atoms with van der Waals surface area (Å²) in [6.45, 7) is 8.40. The number of hydrogen-bond acceptors (Lipinski definition) is 2. The number of hydrogen-bond donors (Lipinski definition) is 1. The van der Waals surface area contributed by atoms with Crippen molar-refractivity contribution in [3.05, 3.63) is 24.3 Å². The van der Waals surface area contributed by atoms with Crippen LogP contribution in [0.1, 0.15) is 33.6 Å². The lowest BCUT2D eigenvalue weighted by atomic mass is 10.1. The highest BCUT2D eigenvalue weighted by atomic mass is 16.5. The summed E-state index contributed by atoms with van der Waals surface area (Å²) in [5.74, 6) is 1.70. The summed E-state index contributed by atoms with van der Waals surface area (Å²) < 4.78 is 5.58. The molecule has 0 aliphatic rings. The number of rotatable bonds is 7. The summed E-state index contributed by atoms with van der Waals surface area (Å²) in [5.41, 5.74) is 1.15. The maximum Gasteiger partial charge on any atom is 0.121 e. The molecule has 0 saturated carbocycles. The number of benzene rings is 1. The van der Waals surface area contributed by atoms with Crippen molar-refractivity contribution in [2.45, 2.75) is 33.6 Å². The van der Waals surface area contributed by atoms with Crippen LogP contribution in [0, 0.1) is 5.92 Å². The van der Waals surface area contributed by atoms with Crippen LogP contribution in [0.5, 0.6) is 5.75 Å². The van der Waals surface area contributed by atoms with Gasteiger partial charge < -0.3 is 10.1 Å². The Morgan fingerprint density at radius 2 is 2.12 bits per heavy atom. The zero-order valence-electron chi connectivity index (χ0n) is 10.6. The van der Waals surface area contributed by atoms with Gasteiger partial charge in [0.05, 0.1) is 6.61 Å². The van der Waals surface area contributed by atoms with E-state index in [4.69, 9.17) is 4.74 Å². The highest BCUT2D eigenvalue weighted by Crippen LogP contribution is 2.17. The van der Waals surface area contributed by atoms with Crippen LogP contribution in [0.25, 0.3) is 0 Å². The molecule has 1 aromatic carbocycles. The van der Waals surface area contributed by atoms with Gasteiger partial charge in [0.15, 0.2) is 0 Å². The maximum absolute atomic E-state index is 5.58. The van der Waals surface area contributed by atoms with Gasteiger partial charge in [-0.15, -0.1) is 0 Å². The highest BCUT2D eigenvalue weighted by molar-refractivity contribution is 5.48. The summed E-state index contributed by atoms with van der Waals surface area (Å²) >= 11 is 0. The van der Waals surface area contributed by atoms with Crippen molar-refractivity contribution in [1.29, 1.82) is 0 Å². The first-order valence-corrected chi connectivity index (χ1v) is 6.19. The summed E-state index contributed by atoms with van der Waals surface area (Å²) in [4.78, 5) is 0. The average Bonchev–Trinajstić information content (AvgIpc) is 2.26. The van der Waals surface area contributed by atoms with Crippen LogP contribution < -0.4 is 10.1 Å². The minimum absolute atomic E-state index is 0.743. The van der Waals surface area contributed by atoms with E-state index < -0.39 is 0 Å². The normalized spacial score (nSPS) is 10.5. The van der Waals surface area contributed by atoms with Crippen molar-refractivity contribution in [2.75, 3.05) is 18.5 Å². The van der Waals surface area contributed by atoms with Crippen molar-refractivity contribution in [2.24, 2.45) is 5.92 Å². The molecule has 0 unspecified atom stereocenters. The molecule has 0 aliphatic carbocycles. The Balaban J connectivity index is 2.40. The van der Waals surface area contributed by atoms with Crippen molar-refractivity contribution in [1.82, 2.24) is 0 Å². The van der Waals surface area contributed by atoms with Gasteiger partial charge in [0.2, 0.25) is 0 Å². The van der Waals surface area contributed by atoms with E-state index in [1.165, 1.54) is 6.42 Å². The number of anilines is 1. The molecule has 0 bridgehead atoms. The zero-order chi connectivity index (χ0) is 11.8. The van der Waals surface area contributed by atoms with Gasteiger partial charge in [-0.25, -0.2) is 0 Å². The van der Waals surface area contributed by atoms with Gasteiger partial charge in [-0.05, 0) is 30.9 Å². The van der Waals surface area contributed by atoms with E-state index in [2.05, 4.69) is 38.2 Å². The van der Waals surface area contributed by atoms with Crippen LogP contribution >= 0.6 is 0 Å². The largest absolute Gasteiger partial charge is 0.494 e. The number of ether oxygens (including phenoxy) is 1. The molecule has 16 heavy (non-hydrogen) atoms. The first-order chi connectivity index (χ1) is 7.72. The second kappa shape index (κ2) is 7.15. The van der Waals surface area contributed by atoms with E-state index in [1.54, 1.807) is 0 Å². The Kier molecular flexibility index (Phi) is 5.76. The smallest absolute Gasteiger partial charge is 0.121 e. The fourth-order valence-electron chi connectivity index (χ4n) is 1.42. The monoisotopic (exact) mass is 221 g/mol. The molecular weight excluding hydrogens is 198 g/mol. The predicted molar refractivity (Wildman–Crippen MR) is 70.2 cm³/mol. The lowest BCUT2D eigenvalue weighted by Gasteiger charge is -2.10. The molecule has 0 saturated heterocycles. The molecule has 90 valence electrons. The molecule has 1 aromatic rings. The third-order valence-corrected chi connectivity index (χ3v) is 2.36. The van der Waals surface area contributed by atoms with Crippen molar-refractivity contribution < 1.29 is 4.74 Å². The fraction of sp³-hybridized carbons (Fsp3) is 0.571. The third kappa shape index (κ3) is 5.06. The van der Waals surface area contributed by atoms with E-state index in [0.717, 1.165) is 36.9 Å². The summed E-state index contributed by atoms with van der Waals surface area (Å²) in [6.07, 6.45) is 2.24. The molecule has 2 heteroatoms. The van der Waals surface area contributed by atoms with Gasteiger partial charge in [-0.2, -0.15) is 0 Å². The molecule has 0 fully saturated rings. The lowest BCUT2D eigenvalue weighted by Crippen LogP contribution is -2.04. The van der Waals surface area contributed by atoms with Crippen LogP contribution in [0.4, 0.5) is 5.69 Å². The molecule has 0 heterocycles. The van der Waals surface area contributed by atoms with E-state index >= 15 is 0 Å². The van der Waals surface area contributed by atoms with Crippen molar-refractivity contribution in [3.63, 3.8) is 0 Å². The van der Waals surface area contributed by atoms with Gasteiger partial charge in [-0.1, -0.05) is 26.8 Å². The van der Waals surface area contributed by atoms with E-state index in [0.29, 0.717) is 0 Å². The average molecular weight is 221 g/mol. The minimum atomic E-state index is 0.743. The highest BCUT2D eigenvalue weighted by Gasteiger charge is 1.97. The van der Waals surface area contributed by atoms with E-state index in [1.807, 2.05) is 12.1 Å². The fourth-order valence-corrected chi connectivity index (χ4v) is 1.42.